The molecule has 0 atom stereocenters. The Morgan fingerprint density at radius 2 is 2.27 bits per heavy atom. The first-order valence-corrected chi connectivity index (χ1v) is 4.33. The number of hydrogen-bond donors (Lipinski definition) is 1. The van der Waals surface area contributed by atoms with Crippen LogP contribution in [0.5, 0.6) is 0 Å². The first kappa shape index (κ1) is 8.75. The molecular weight excluding hydrogens is 204 g/mol. The Balaban J connectivity index is 3.10. The van der Waals surface area contributed by atoms with Crippen molar-refractivity contribution in [2.45, 2.75) is 13.3 Å². The Kier molecular flexibility index (Phi) is 3.09. The lowest BCUT2D eigenvalue weighted by Crippen LogP contribution is -1.88. The lowest BCUT2D eigenvalue weighted by Gasteiger charge is -2.04. The summed E-state index contributed by atoms with van der Waals surface area (Å²) in [5.74, 6) is 0. The van der Waals surface area contributed by atoms with Crippen molar-refractivity contribution in [3.05, 3.63) is 40.4 Å². The lowest BCUT2D eigenvalue weighted by atomic mass is 10.1. The van der Waals surface area contributed by atoms with Crippen molar-refractivity contribution in [2.75, 3.05) is 0 Å². The van der Waals surface area contributed by atoms with E-state index < -0.39 is 0 Å². The van der Waals surface area contributed by atoms with Gasteiger partial charge in [0.1, 0.15) is 6.61 Å². The second kappa shape index (κ2) is 3.88. The molecule has 1 radical (unpaired) electrons. The van der Waals surface area contributed by atoms with Gasteiger partial charge in [0.2, 0.25) is 0 Å². The van der Waals surface area contributed by atoms with Crippen LogP contribution in [0.1, 0.15) is 18.1 Å². The van der Waals surface area contributed by atoms with Crippen molar-refractivity contribution in [3.63, 3.8) is 0 Å². The third-order valence-corrected chi connectivity index (χ3v) is 2.60. The van der Waals surface area contributed by atoms with Gasteiger partial charge in [0.25, 0.3) is 0 Å². The highest BCUT2D eigenvalue weighted by molar-refractivity contribution is 9.10. The number of benzene rings is 1. The Morgan fingerprint density at radius 1 is 1.55 bits per heavy atom. The average molecular weight is 214 g/mol. The van der Waals surface area contributed by atoms with Crippen LogP contribution in [0.15, 0.2) is 22.7 Å². The Bertz CT molecular complexity index is 223. The first-order chi connectivity index (χ1) is 5.29. The summed E-state index contributed by atoms with van der Waals surface area (Å²) in [7, 11) is 0. The predicted octanol–water partition coefficient (Wildman–Crippen LogP) is 2.89. The minimum absolute atomic E-state index is 0.837. The van der Waals surface area contributed by atoms with Crippen molar-refractivity contribution in [1.82, 2.24) is 0 Å². The van der Waals surface area contributed by atoms with Crippen LogP contribution in [-0.4, -0.2) is 5.11 Å². The second-order valence-electron chi connectivity index (χ2n) is 2.30. The molecule has 1 aromatic rings. The number of hydrogen-bond acceptors (Lipinski definition) is 1. The zero-order valence-electron chi connectivity index (χ0n) is 6.34. The molecule has 0 heterocycles. The highest BCUT2D eigenvalue weighted by Crippen LogP contribution is 2.22. The average Bonchev–Trinajstić information content (AvgIpc) is 2.05. The van der Waals surface area contributed by atoms with Gasteiger partial charge in [-0.1, -0.05) is 41.1 Å². The molecule has 0 aliphatic carbocycles. The molecule has 0 bridgehead atoms. The summed E-state index contributed by atoms with van der Waals surface area (Å²) < 4.78 is 0.991. The largest absolute Gasteiger partial charge is 0.385 e. The maximum Gasteiger partial charge on any atom is 0.110 e. The minimum atomic E-state index is 0.837. The molecule has 0 spiro atoms. The number of aryl methyl sites for hydroxylation is 1. The fourth-order valence-corrected chi connectivity index (χ4v) is 1.62. The van der Waals surface area contributed by atoms with Gasteiger partial charge in [0, 0.05) is 4.47 Å². The summed E-state index contributed by atoms with van der Waals surface area (Å²) in [6.07, 6.45) is 0.974. The summed E-state index contributed by atoms with van der Waals surface area (Å²) in [5, 5.41) is 8.78. The Morgan fingerprint density at radius 3 is 2.82 bits per heavy atom. The molecule has 1 rings (SSSR count). The molecule has 0 saturated heterocycles. The molecule has 11 heavy (non-hydrogen) atoms. The van der Waals surface area contributed by atoms with Gasteiger partial charge in [-0.05, 0) is 17.5 Å². The number of aliphatic hydroxyl groups excluding tert-OH is 1. The van der Waals surface area contributed by atoms with Gasteiger partial charge in [-0.15, -0.1) is 0 Å². The van der Waals surface area contributed by atoms with Gasteiger partial charge in [0.05, 0.1) is 0 Å². The monoisotopic (exact) mass is 213 g/mol. The van der Waals surface area contributed by atoms with Crippen molar-refractivity contribution in [1.29, 1.82) is 0 Å². The predicted molar refractivity (Wildman–Crippen MR) is 48.9 cm³/mol. The van der Waals surface area contributed by atoms with Gasteiger partial charge < -0.3 is 5.11 Å². The topological polar surface area (TPSA) is 20.2 Å². The first-order valence-electron chi connectivity index (χ1n) is 3.54. The third kappa shape index (κ3) is 1.82. The molecule has 1 aromatic carbocycles. The van der Waals surface area contributed by atoms with Crippen molar-refractivity contribution >= 4 is 15.9 Å². The summed E-state index contributed by atoms with van der Waals surface area (Å²) >= 11 is 3.41. The summed E-state index contributed by atoms with van der Waals surface area (Å²) in [5.41, 5.74) is 2.05. The summed E-state index contributed by atoms with van der Waals surface area (Å²) in [6.45, 7) is 3.20. The Hall–Kier alpha value is -0.340. The fraction of sp³-hybridized carbons (Fsp3) is 0.222. The number of rotatable bonds is 2. The smallest absolute Gasteiger partial charge is 0.110 e. The zero-order chi connectivity index (χ0) is 8.27. The molecule has 2 heteroatoms. The van der Waals surface area contributed by atoms with E-state index in [-0.39, 0.29) is 0 Å². The standard InChI is InChI=1S/C9H10BrO/c1-2-7-4-3-5-8(6-11)9(7)10/h3-6,11H,2H2,1H3. The van der Waals surface area contributed by atoms with E-state index in [4.69, 9.17) is 5.11 Å². The lowest BCUT2D eigenvalue weighted by molar-refractivity contribution is 0.414. The van der Waals surface area contributed by atoms with Crippen LogP contribution in [0.3, 0.4) is 0 Å². The fourth-order valence-electron chi connectivity index (χ4n) is 0.972. The second-order valence-corrected chi connectivity index (χ2v) is 3.10. The molecule has 0 aliphatic heterocycles. The van der Waals surface area contributed by atoms with E-state index >= 15 is 0 Å². The van der Waals surface area contributed by atoms with Crippen molar-refractivity contribution in [3.8, 4) is 0 Å². The summed E-state index contributed by atoms with van der Waals surface area (Å²) in [4.78, 5) is 0. The molecule has 0 amide bonds. The van der Waals surface area contributed by atoms with E-state index in [1.807, 2.05) is 18.2 Å². The van der Waals surface area contributed by atoms with Crippen molar-refractivity contribution in [2.24, 2.45) is 0 Å². The van der Waals surface area contributed by atoms with Crippen LogP contribution in [0.4, 0.5) is 0 Å². The Labute approximate surface area is 75.2 Å². The molecule has 1 N–H and O–H groups in total. The van der Waals surface area contributed by atoms with E-state index in [2.05, 4.69) is 22.9 Å². The molecule has 0 aliphatic rings. The molecule has 59 valence electrons. The highest BCUT2D eigenvalue weighted by atomic mass is 79.9. The quantitative estimate of drug-likeness (QED) is 0.802. The van der Waals surface area contributed by atoms with Crippen LogP contribution >= 0.6 is 15.9 Å². The van der Waals surface area contributed by atoms with Gasteiger partial charge in [-0.2, -0.15) is 0 Å². The maximum absolute atomic E-state index is 8.78. The summed E-state index contributed by atoms with van der Waals surface area (Å²) in [6, 6.07) is 5.84. The van der Waals surface area contributed by atoms with Crippen LogP contribution in [0, 0.1) is 6.61 Å². The molecular formula is C9H10BrO. The van der Waals surface area contributed by atoms with E-state index in [0.717, 1.165) is 23.1 Å². The van der Waals surface area contributed by atoms with Crippen LogP contribution < -0.4 is 0 Å². The highest BCUT2D eigenvalue weighted by Gasteiger charge is 2.01. The van der Waals surface area contributed by atoms with E-state index in [1.165, 1.54) is 5.56 Å². The van der Waals surface area contributed by atoms with Gasteiger partial charge in [-0.25, -0.2) is 0 Å². The van der Waals surface area contributed by atoms with E-state index in [0.29, 0.717) is 0 Å². The molecule has 1 nitrogen and oxygen atoms in total. The van der Waals surface area contributed by atoms with Crippen LogP contribution in [-0.2, 0) is 6.42 Å². The normalized spacial score (nSPS) is 10.1. The van der Waals surface area contributed by atoms with Crippen LogP contribution in [0.25, 0.3) is 0 Å². The number of halogens is 1. The number of aliphatic hydroxyl groups is 1. The molecule has 0 unspecified atom stereocenters. The maximum atomic E-state index is 8.78. The van der Waals surface area contributed by atoms with Gasteiger partial charge >= 0.3 is 0 Å². The van der Waals surface area contributed by atoms with Gasteiger partial charge in [0.15, 0.2) is 0 Å². The van der Waals surface area contributed by atoms with E-state index in [9.17, 15) is 0 Å². The zero-order valence-corrected chi connectivity index (χ0v) is 7.93. The van der Waals surface area contributed by atoms with Crippen LogP contribution in [0.2, 0.25) is 0 Å². The SMILES string of the molecule is CCc1cccc([CH]O)c1Br. The minimum Gasteiger partial charge on any atom is -0.385 e. The van der Waals surface area contributed by atoms with E-state index in [1.54, 1.807) is 0 Å². The molecule has 0 saturated carbocycles. The third-order valence-electron chi connectivity index (χ3n) is 1.63. The van der Waals surface area contributed by atoms with Crippen molar-refractivity contribution < 1.29 is 5.11 Å². The molecule has 0 aromatic heterocycles. The molecule has 0 fully saturated rings. The van der Waals surface area contributed by atoms with Gasteiger partial charge in [-0.3, -0.25) is 0 Å².